The Morgan fingerprint density at radius 2 is 1.50 bits per heavy atom. The Morgan fingerprint density at radius 3 is 2.11 bits per heavy atom. The van der Waals surface area contributed by atoms with Crippen LogP contribution in [-0.2, 0) is 37.4 Å². The summed E-state index contributed by atoms with van der Waals surface area (Å²) < 4.78 is 39.9. The molecular weight excluding hydrogens is 600 g/mol. The van der Waals surface area contributed by atoms with E-state index in [0.29, 0.717) is 22.2 Å². The Labute approximate surface area is 261 Å². The number of furan rings is 1. The van der Waals surface area contributed by atoms with E-state index in [2.05, 4.69) is 0 Å². The fourth-order valence-corrected chi connectivity index (χ4v) is 6.46. The van der Waals surface area contributed by atoms with Crippen LogP contribution in [0.1, 0.15) is 35.1 Å². The summed E-state index contributed by atoms with van der Waals surface area (Å²) >= 11 is 6.03. The van der Waals surface area contributed by atoms with Crippen molar-refractivity contribution in [2.45, 2.75) is 38.8 Å². The van der Waals surface area contributed by atoms with E-state index in [9.17, 15) is 18.0 Å². The monoisotopic (exact) mass is 630 g/mol. The van der Waals surface area contributed by atoms with Crippen molar-refractivity contribution in [3.05, 3.63) is 135 Å². The number of amides is 1. The van der Waals surface area contributed by atoms with Gasteiger partial charge in [0, 0.05) is 23.0 Å². The molecular formula is C34H31ClN2O6S. The molecule has 0 aliphatic carbocycles. The van der Waals surface area contributed by atoms with Gasteiger partial charge in [0.2, 0.25) is 10.0 Å². The Hall–Kier alpha value is -4.44. The number of aryl methyl sites for hydroxylation is 2. The highest BCUT2D eigenvalue weighted by molar-refractivity contribution is 7.89. The minimum Gasteiger partial charge on any atom is -0.465 e. The van der Waals surface area contributed by atoms with Crippen LogP contribution < -0.4 is 4.90 Å². The van der Waals surface area contributed by atoms with Crippen LogP contribution in [0, 0.1) is 13.8 Å². The molecule has 8 nitrogen and oxygen atoms in total. The van der Waals surface area contributed by atoms with Crippen molar-refractivity contribution in [1.29, 1.82) is 0 Å². The molecule has 10 heteroatoms. The fraction of sp³-hybridized carbons (Fsp3) is 0.176. The number of sulfonamides is 1. The number of benzene rings is 3. The van der Waals surface area contributed by atoms with E-state index in [0.717, 1.165) is 16.7 Å². The molecule has 0 spiro atoms. The first-order chi connectivity index (χ1) is 21.0. The molecule has 0 saturated carbocycles. The molecule has 4 aromatic rings. The summed E-state index contributed by atoms with van der Waals surface area (Å²) in [7, 11) is -2.65. The smallest absolute Gasteiger partial charge is 0.340 e. The number of rotatable bonds is 9. The molecule has 2 heterocycles. The highest BCUT2D eigenvalue weighted by Crippen LogP contribution is 2.36. The van der Waals surface area contributed by atoms with Gasteiger partial charge >= 0.3 is 5.97 Å². The first-order valence-electron chi connectivity index (χ1n) is 13.8. The van der Waals surface area contributed by atoms with Gasteiger partial charge in [-0.15, -0.1) is 0 Å². The molecule has 1 aromatic heterocycles. The predicted molar refractivity (Wildman–Crippen MR) is 169 cm³/mol. The third kappa shape index (κ3) is 6.40. The lowest BCUT2D eigenvalue weighted by atomic mass is 10.1. The Bertz CT molecular complexity index is 1870. The standard InChI is InChI=1S/C34H31ClN2O6S/c1-22-5-9-25(10-6-22)20-36(44(40,41)30-17-7-23(2)8-18-30)21-29-16-15-28(43-29)19-31-32(34(39)42-4)24(3)37(33(31)38)27-13-11-26(35)12-14-27/h5-19H,20-21H2,1-4H3/b31-19+. The predicted octanol–water partition coefficient (Wildman–Crippen LogP) is 6.82. The molecule has 3 aromatic carbocycles. The van der Waals surface area contributed by atoms with Gasteiger partial charge in [-0.05, 0) is 80.9 Å². The van der Waals surface area contributed by atoms with Crippen LogP contribution in [0.3, 0.4) is 0 Å². The van der Waals surface area contributed by atoms with Gasteiger partial charge in [0.1, 0.15) is 11.5 Å². The average Bonchev–Trinajstić information content (AvgIpc) is 3.55. The zero-order chi connectivity index (χ0) is 31.6. The van der Waals surface area contributed by atoms with Gasteiger partial charge in [-0.2, -0.15) is 4.31 Å². The first kappa shape index (κ1) is 31.0. The third-order valence-corrected chi connectivity index (χ3v) is 9.37. The van der Waals surface area contributed by atoms with Crippen LogP contribution in [0.15, 0.2) is 111 Å². The van der Waals surface area contributed by atoms with Crippen molar-refractivity contribution < 1.29 is 27.2 Å². The summed E-state index contributed by atoms with van der Waals surface area (Å²) in [6, 6.07) is 24.3. The molecule has 0 radical (unpaired) electrons. The van der Waals surface area contributed by atoms with Gasteiger partial charge < -0.3 is 9.15 Å². The SMILES string of the molecule is COC(=O)C1=C(C)N(c2ccc(Cl)cc2)C(=O)/C1=C/c1ccc(CN(Cc2ccc(C)cc2)S(=O)(=O)c2ccc(C)cc2)o1. The summed E-state index contributed by atoms with van der Waals surface area (Å²) in [5.74, 6) is -0.469. The molecule has 0 fully saturated rings. The number of carbonyl (C=O) groups is 2. The fourth-order valence-electron chi connectivity index (χ4n) is 4.94. The zero-order valence-electron chi connectivity index (χ0n) is 24.7. The van der Waals surface area contributed by atoms with Crippen molar-refractivity contribution in [3.63, 3.8) is 0 Å². The quantitative estimate of drug-likeness (QED) is 0.149. The van der Waals surface area contributed by atoms with E-state index in [1.54, 1.807) is 67.6 Å². The normalized spacial score (nSPS) is 14.6. The van der Waals surface area contributed by atoms with E-state index in [4.69, 9.17) is 20.8 Å². The van der Waals surface area contributed by atoms with Crippen LogP contribution in [0.2, 0.25) is 5.02 Å². The summed E-state index contributed by atoms with van der Waals surface area (Å²) in [5.41, 5.74) is 3.97. The van der Waals surface area contributed by atoms with Gasteiger partial charge in [-0.3, -0.25) is 9.69 Å². The first-order valence-corrected chi connectivity index (χ1v) is 15.6. The molecule has 1 aliphatic heterocycles. The van der Waals surface area contributed by atoms with Gasteiger partial charge in [-0.25, -0.2) is 13.2 Å². The average molecular weight is 631 g/mol. The Kier molecular flexibility index (Phi) is 8.92. The van der Waals surface area contributed by atoms with Crippen LogP contribution in [0.5, 0.6) is 0 Å². The van der Waals surface area contributed by atoms with Crippen molar-refractivity contribution in [3.8, 4) is 0 Å². The number of ether oxygens (including phenoxy) is 1. The number of nitrogens with zero attached hydrogens (tertiary/aromatic N) is 2. The summed E-state index contributed by atoms with van der Waals surface area (Å²) in [4.78, 5) is 28.0. The number of hydrogen-bond acceptors (Lipinski definition) is 6. The van der Waals surface area contributed by atoms with Crippen molar-refractivity contribution >= 4 is 45.3 Å². The number of carbonyl (C=O) groups excluding carboxylic acids is 2. The van der Waals surface area contributed by atoms with E-state index in [-0.39, 0.29) is 34.9 Å². The Balaban J connectivity index is 1.48. The zero-order valence-corrected chi connectivity index (χ0v) is 26.3. The lowest BCUT2D eigenvalue weighted by Crippen LogP contribution is -2.30. The van der Waals surface area contributed by atoms with E-state index in [1.165, 1.54) is 22.4 Å². The molecule has 44 heavy (non-hydrogen) atoms. The van der Waals surface area contributed by atoms with Crippen molar-refractivity contribution in [1.82, 2.24) is 4.31 Å². The molecule has 0 saturated heterocycles. The van der Waals surface area contributed by atoms with E-state index >= 15 is 0 Å². The van der Waals surface area contributed by atoms with Crippen molar-refractivity contribution in [2.75, 3.05) is 12.0 Å². The van der Waals surface area contributed by atoms with Crippen LogP contribution in [0.4, 0.5) is 5.69 Å². The van der Waals surface area contributed by atoms with Gasteiger partial charge in [0.15, 0.2) is 0 Å². The number of allylic oxidation sites excluding steroid dienone is 1. The molecule has 1 amide bonds. The van der Waals surface area contributed by atoms with Gasteiger partial charge in [0.05, 0.1) is 29.7 Å². The number of halogens is 1. The van der Waals surface area contributed by atoms with Crippen LogP contribution in [-0.4, -0.2) is 31.7 Å². The maximum atomic E-state index is 13.8. The maximum Gasteiger partial charge on any atom is 0.340 e. The van der Waals surface area contributed by atoms with Gasteiger partial charge in [0.25, 0.3) is 5.91 Å². The second-order valence-electron chi connectivity index (χ2n) is 10.5. The molecule has 0 N–H and O–H groups in total. The number of hydrogen-bond donors (Lipinski definition) is 0. The highest BCUT2D eigenvalue weighted by atomic mass is 35.5. The number of esters is 1. The lowest BCUT2D eigenvalue weighted by Gasteiger charge is -2.21. The molecule has 226 valence electrons. The minimum atomic E-state index is -3.90. The van der Waals surface area contributed by atoms with E-state index < -0.39 is 21.9 Å². The maximum absolute atomic E-state index is 13.8. The van der Waals surface area contributed by atoms with Crippen LogP contribution >= 0.6 is 11.6 Å². The van der Waals surface area contributed by atoms with Crippen molar-refractivity contribution in [2.24, 2.45) is 0 Å². The number of anilines is 1. The second-order valence-corrected chi connectivity index (χ2v) is 12.9. The molecule has 0 bridgehead atoms. The molecule has 0 unspecified atom stereocenters. The summed E-state index contributed by atoms with van der Waals surface area (Å²) in [6.45, 7) is 5.58. The molecule has 0 atom stereocenters. The van der Waals surface area contributed by atoms with Gasteiger partial charge in [-0.1, -0.05) is 59.1 Å². The minimum absolute atomic E-state index is 0.0587. The summed E-state index contributed by atoms with van der Waals surface area (Å²) in [6.07, 6.45) is 1.47. The van der Waals surface area contributed by atoms with E-state index in [1.807, 2.05) is 38.1 Å². The highest BCUT2D eigenvalue weighted by Gasteiger charge is 2.38. The second kappa shape index (κ2) is 12.7. The number of methoxy groups -OCH3 is 1. The Morgan fingerprint density at radius 1 is 0.886 bits per heavy atom. The molecule has 5 rings (SSSR count). The molecule has 1 aliphatic rings. The lowest BCUT2D eigenvalue weighted by molar-refractivity contribution is -0.136. The topological polar surface area (TPSA) is 97.1 Å². The largest absolute Gasteiger partial charge is 0.465 e. The summed E-state index contributed by atoms with van der Waals surface area (Å²) in [5, 5.41) is 0.509. The third-order valence-electron chi connectivity index (χ3n) is 7.31. The van der Waals surface area contributed by atoms with Crippen LogP contribution in [0.25, 0.3) is 6.08 Å².